The number of likely N-dealkylation sites (tertiary alicyclic amines) is 1. The Morgan fingerprint density at radius 3 is 2.26 bits per heavy atom. The molecule has 2 atom stereocenters. The van der Waals surface area contributed by atoms with Crippen LogP contribution in [0.4, 0.5) is 0 Å². The van der Waals surface area contributed by atoms with Gasteiger partial charge in [0.05, 0.1) is 0 Å². The van der Waals surface area contributed by atoms with Gasteiger partial charge < -0.3 is 9.64 Å². The molecule has 1 aliphatic rings. The maximum atomic E-state index is 12.2. The molecule has 1 amide bonds. The summed E-state index contributed by atoms with van der Waals surface area (Å²) in [6.07, 6.45) is -0.695. The third-order valence-corrected chi connectivity index (χ3v) is 3.20. The number of hydrogen-bond donors (Lipinski definition) is 0. The van der Waals surface area contributed by atoms with E-state index in [4.69, 9.17) is 4.74 Å². The Kier molecular flexibility index (Phi) is 3.35. The van der Waals surface area contributed by atoms with Crippen LogP contribution >= 0.6 is 0 Å². The van der Waals surface area contributed by atoms with Crippen molar-refractivity contribution >= 4 is 11.9 Å². The zero-order valence-corrected chi connectivity index (χ0v) is 11.7. The van der Waals surface area contributed by atoms with Crippen molar-refractivity contribution in [3.63, 3.8) is 0 Å². The summed E-state index contributed by atoms with van der Waals surface area (Å²) in [6.45, 7) is 7.26. The molecule has 1 aromatic rings. The molecule has 1 fully saturated rings. The SMILES string of the molecule is CC(=O)O[C@H]1C(=O)N(C(C)(C)C)[C@H]1c1ccccc1. The molecule has 1 aromatic carbocycles. The van der Waals surface area contributed by atoms with Crippen molar-refractivity contribution in [3.05, 3.63) is 35.9 Å². The molecular weight excluding hydrogens is 242 g/mol. The molecule has 19 heavy (non-hydrogen) atoms. The summed E-state index contributed by atoms with van der Waals surface area (Å²) >= 11 is 0. The monoisotopic (exact) mass is 261 g/mol. The van der Waals surface area contributed by atoms with Crippen LogP contribution in [-0.2, 0) is 14.3 Å². The molecule has 1 aliphatic heterocycles. The molecule has 0 radical (unpaired) electrons. The first-order chi connectivity index (χ1) is 8.82. The first-order valence-electron chi connectivity index (χ1n) is 6.37. The molecule has 4 nitrogen and oxygen atoms in total. The highest BCUT2D eigenvalue weighted by atomic mass is 16.6. The minimum Gasteiger partial charge on any atom is -0.450 e. The molecule has 0 aliphatic carbocycles. The number of nitrogens with zero attached hydrogens (tertiary/aromatic N) is 1. The van der Waals surface area contributed by atoms with Gasteiger partial charge in [0.2, 0.25) is 6.10 Å². The number of β-lactam (4-membered cyclic amide) rings is 1. The van der Waals surface area contributed by atoms with Crippen molar-refractivity contribution < 1.29 is 14.3 Å². The summed E-state index contributed by atoms with van der Waals surface area (Å²) in [5.41, 5.74) is 0.692. The highest BCUT2D eigenvalue weighted by molar-refractivity contribution is 5.91. The summed E-state index contributed by atoms with van der Waals surface area (Å²) in [7, 11) is 0. The van der Waals surface area contributed by atoms with Gasteiger partial charge in [0.1, 0.15) is 6.04 Å². The highest BCUT2D eigenvalue weighted by Crippen LogP contribution is 2.41. The fourth-order valence-corrected chi connectivity index (χ4v) is 2.48. The fourth-order valence-electron chi connectivity index (χ4n) is 2.48. The molecule has 1 heterocycles. The van der Waals surface area contributed by atoms with Crippen molar-refractivity contribution in [2.45, 2.75) is 45.4 Å². The van der Waals surface area contributed by atoms with Crippen molar-refractivity contribution in [1.29, 1.82) is 0 Å². The maximum absolute atomic E-state index is 12.2. The largest absolute Gasteiger partial charge is 0.450 e. The molecule has 0 bridgehead atoms. The van der Waals surface area contributed by atoms with E-state index in [1.807, 2.05) is 51.1 Å². The molecule has 2 rings (SSSR count). The van der Waals surface area contributed by atoms with Crippen LogP contribution in [0.25, 0.3) is 0 Å². The lowest BCUT2D eigenvalue weighted by Gasteiger charge is -2.52. The Morgan fingerprint density at radius 2 is 1.79 bits per heavy atom. The van der Waals surface area contributed by atoms with Crippen LogP contribution < -0.4 is 0 Å². The van der Waals surface area contributed by atoms with Crippen LogP contribution in [0.2, 0.25) is 0 Å². The van der Waals surface area contributed by atoms with E-state index in [0.717, 1.165) is 5.56 Å². The lowest BCUT2D eigenvalue weighted by molar-refractivity contribution is -0.191. The minimum absolute atomic E-state index is 0.128. The van der Waals surface area contributed by atoms with Gasteiger partial charge in [-0.05, 0) is 26.3 Å². The number of benzene rings is 1. The van der Waals surface area contributed by atoms with E-state index < -0.39 is 12.1 Å². The standard InChI is InChI=1S/C15H19NO3/c1-10(17)19-13-12(11-8-6-5-7-9-11)16(14(13)18)15(2,3)4/h5-9,12-13H,1-4H3/t12-,13+/m0/s1. The zero-order chi connectivity index (χ0) is 14.2. The Morgan fingerprint density at radius 1 is 1.21 bits per heavy atom. The van der Waals surface area contributed by atoms with Gasteiger partial charge in [-0.1, -0.05) is 30.3 Å². The second-order valence-corrected chi connectivity index (χ2v) is 5.76. The van der Waals surface area contributed by atoms with Crippen molar-refractivity contribution in [3.8, 4) is 0 Å². The highest BCUT2D eigenvalue weighted by Gasteiger charge is 2.54. The lowest BCUT2D eigenvalue weighted by atomic mass is 9.85. The maximum Gasteiger partial charge on any atom is 0.303 e. The summed E-state index contributed by atoms with van der Waals surface area (Å²) < 4.78 is 5.16. The van der Waals surface area contributed by atoms with Gasteiger partial charge in [-0.2, -0.15) is 0 Å². The average Bonchev–Trinajstić information content (AvgIpc) is 2.31. The molecule has 102 valence electrons. The van der Waals surface area contributed by atoms with Gasteiger partial charge in [-0.15, -0.1) is 0 Å². The third-order valence-electron chi connectivity index (χ3n) is 3.20. The first kappa shape index (κ1) is 13.6. The van der Waals surface area contributed by atoms with Crippen molar-refractivity contribution in [2.24, 2.45) is 0 Å². The van der Waals surface area contributed by atoms with Gasteiger partial charge >= 0.3 is 5.97 Å². The van der Waals surface area contributed by atoms with E-state index in [2.05, 4.69) is 0 Å². The number of amides is 1. The molecule has 0 spiro atoms. The number of hydrogen-bond acceptors (Lipinski definition) is 3. The van der Waals surface area contributed by atoms with Gasteiger partial charge in [0.15, 0.2) is 0 Å². The second-order valence-electron chi connectivity index (χ2n) is 5.76. The van der Waals surface area contributed by atoms with Gasteiger partial charge in [0, 0.05) is 12.5 Å². The number of carbonyl (C=O) groups excluding carboxylic acids is 2. The van der Waals surface area contributed by atoms with Crippen LogP contribution in [0.1, 0.15) is 39.3 Å². The number of esters is 1. The minimum atomic E-state index is -0.695. The summed E-state index contributed by atoms with van der Waals surface area (Å²) in [5, 5.41) is 0. The lowest BCUT2D eigenvalue weighted by Crippen LogP contribution is -2.66. The van der Waals surface area contributed by atoms with E-state index in [-0.39, 0.29) is 17.5 Å². The van der Waals surface area contributed by atoms with Crippen LogP contribution in [-0.4, -0.2) is 28.4 Å². The van der Waals surface area contributed by atoms with Crippen LogP contribution in [0.5, 0.6) is 0 Å². The molecule has 4 heteroatoms. The summed E-state index contributed by atoms with van der Waals surface area (Å²) in [4.78, 5) is 25.1. The van der Waals surface area contributed by atoms with Gasteiger partial charge in [0.25, 0.3) is 5.91 Å². The average molecular weight is 261 g/mol. The second kappa shape index (κ2) is 4.68. The van der Waals surface area contributed by atoms with Gasteiger partial charge in [-0.25, -0.2) is 0 Å². The Bertz CT molecular complexity index is 490. The van der Waals surface area contributed by atoms with Crippen molar-refractivity contribution in [2.75, 3.05) is 0 Å². The molecule has 0 N–H and O–H groups in total. The summed E-state index contributed by atoms with van der Waals surface area (Å²) in [6, 6.07) is 9.47. The van der Waals surface area contributed by atoms with E-state index in [1.165, 1.54) is 6.92 Å². The molecular formula is C15H19NO3. The fraction of sp³-hybridized carbons (Fsp3) is 0.467. The van der Waals surface area contributed by atoms with E-state index in [9.17, 15) is 9.59 Å². The van der Waals surface area contributed by atoms with Gasteiger partial charge in [-0.3, -0.25) is 9.59 Å². The molecule has 0 saturated carbocycles. The van der Waals surface area contributed by atoms with E-state index >= 15 is 0 Å². The Labute approximate surface area is 113 Å². The van der Waals surface area contributed by atoms with Crippen LogP contribution in [0.15, 0.2) is 30.3 Å². The molecule has 0 unspecified atom stereocenters. The quantitative estimate of drug-likeness (QED) is 0.606. The Hall–Kier alpha value is -1.84. The first-order valence-corrected chi connectivity index (χ1v) is 6.37. The number of carbonyl (C=O) groups is 2. The van der Waals surface area contributed by atoms with Crippen LogP contribution in [0, 0.1) is 0 Å². The summed E-state index contributed by atoms with van der Waals surface area (Å²) in [5.74, 6) is -0.551. The number of ether oxygens (including phenoxy) is 1. The predicted molar refractivity (Wildman–Crippen MR) is 71.3 cm³/mol. The topological polar surface area (TPSA) is 46.6 Å². The molecule has 0 aromatic heterocycles. The smallest absolute Gasteiger partial charge is 0.303 e. The molecule has 1 saturated heterocycles. The van der Waals surface area contributed by atoms with Crippen LogP contribution in [0.3, 0.4) is 0 Å². The Balaban J connectivity index is 2.33. The van der Waals surface area contributed by atoms with E-state index in [0.29, 0.717) is 0 Å². The zero-order valence-electron chi connectivity index (χ0n) is 11.7. The number of rotatable bonds is 2. The van der Waals surface area contributed by atoms with Crippen molar-refractivity contribution in [1.82, 2.24) is 4.90 Å². The van der Waals surface area contributed by atoms with E-state index in [1.54, 1.807) is 4.90 Å². The normalized spacial score (nSPS) is 22.9. The third kappa shape index (κ3) is 2.48. The predicted octanol–water partition coefficient (Wildman–Crippen LogP) is 2.30.